The van der Waals surface area contributed by atoms with Crippen LogP contribution in [0.15, 0.2) is 85.3 Å². The molecule has 38 heavy (non-hydrogen) atoms. The van der Waals surface area contributed by atoms with Crippen molar-refractivity contribution in [2.75, 3.05) is 0 Å². The molecule has 0 bridgehead atoms. The SMILES string of the molecule is NC1(c2ccc(-c3nc4ccnc(-c5cn[nH]c5)c4cc3-c3ccccc3)cc2)CC1.O=C(O)C(F)(F)F. The second-order valence-electron chi connectivity index (χ2n) is 9.00. The molecule has 0 saturated heterocycles. The van der Waals surface area contributed by atoms with Crippen LogP contribution in [0, 0.1) is 0 Å². The molecule has 3 heterocycles. The molecule has 4 N–H and O–H groups in total. The smallest absolute Gasteiger partial charge is 0.475 e. The van der Waals surface area contributed by atoms with E-state index in [0.29, 0.717) is 0 Å². The summed E-state index contributed by atoms with van der Waals surface area (Å²) in [6.45, 7) is 0. The van der Waals surface area contributed by atoms with Gasteiger partial charge in [0.1, 0.15) is 0 Å². The minimum atomic E-state index is -5.08. The van der Waals surface area contributed by atoms with Crippen molar-refractivity contribution < 1.29 is 23.1 Å². The van der Waals surface area contributed by atoms with Gasteiger partial charge in [-0.1, -0.05) is 54.6 Å². The van der Waals surface area contributed by atoms with E-state index in [0.717, 1.165) is 57.4 Å². The Morgan fingerprint density at radius 1 is 0.947 bits per heavy atom. The Balaban J connectivity index is 0.000000374. The van der Waals surface area contributed by atoms with Crippen molar-refractivity contribution in [3.8, 4) is 33.6 Å². The number of nitrogens with one attached hydrogen (secondary N) is 1. The first-order valence-electron chi connectivity index (χ1n) is 11.7. The number of H-pyrrole nitrogens is 1. The zero-order chi connectivity index (χ0) is 26.9. The van der Waals surface area contributed by atoms with E-state index in [4.69, 9.17) is 20.6 Å². The van der Waals surface area contributed by atoms with Gasteiger partial charge < -0.3 is 10.8 Å². The van der Waals surface area contributed by atoms with Crippen LogP contribution in [0.25, 0.3) is 44.5 Å². The highest BCUT2D eigenvalue weighted by molar-refractivity contribution is 5.98. The van der Waals surface area contributed by atoms with Crippen molar-refractivity contribution in [2.45, 2.75) is 24.6 Å². The summed E-state index contributed by atoms with van der Waals surface area (Å²) in [5.41, 5.74) is 14.4. The van der Waals surface area contributed by atoms with Crippen molar-refractivity contribution in [3.63, 3.8) is 0 Å². The highest BCUT2D eigenvalue weighted by Gasteiger charge is 2.40. The fraction of sp³-hybridized carbons (Fsp3) is 0.143. The molecule has 7 nitrogen and oxygen atoms in total. The van der Waals surface area contributed by atoms with Gasteiger partial charge in [0.25, 0.3) is 0 Å². The third kappa shape index (κ3) is 5.12. The molecule has 1 aliphatic rings. The summed E-state index contributed by atoms with van der Waals surface area (Å²) in [6, 6.07) is 23.1. The number of hydrogen-bond acceptors (Lipinski definition) is 5. The van der Waals surface area contributed by atoms with Crippen molar-refractivity contribution in [1.29, 1.82) is 0 Å². The van der Waals surface area contributed by atoms with E-state index in [-0.39, 0.29) is 5.54 Å². The molecule has 5 aromatic rings. The van der Waals surface area contributed by atoms with E-state index in [9.17, 15) is 13.2 Å². The minimum Gasteiger partial charge on any atom is -0.475 e. The van der Waals surface area contributed by atoms with Crippen molar-refractivity contribution >= 4 is 16.9 Å². The zero-order valence-corrected chi connectivity index (χ0v) is 19.9. The molecule has 0 radical (unpaired) electrons. The Kier molecular flexibility index (Phi) is 6.41. The summed E-state index contributed by atoms with van der Waals surface area (Å²) in [4.78, 5) is 18.6. The van der Waals surface area contributed by atoms with Gasteiger partial charge in [0.15, 0.2) is 0 Å². The molecule has 6 rings (SSSR count). The Labute approximate surface area is 215 Å². The van der Waals surface area contributed by atoms with Crippen LogP contribution in [0.5, 0.6) is 0 Å². The number of fused-ring (bicyclic) bond motifs is 1. The standard InChI is InChI=1S/C26H21N5.C2HF3O2/c27-26(11-12-26)20-8-6-18(7-9-20)25-21(17-4-2-1-3-5-17)14-22-23(31-25)10-13-28-24(22)19-15-29-30-16-19;3-2(4,5)1(6)7/h1-10,13-16H,11-12,27H2,(H,29,30);(H,6,7). The van der Waals surface area contributed by atoms with Crippen LogP contribution >= 0.6 is 0 Å². The summed E-state index contributed by atoms with van der Waals surface area (Å²) in [5, 5.41) is 15.1. The maximum Gasteiger partial charge on any atom is 0.490 e. The number of hydrogen-bond donors (Lipinski definition) is 3. The van der Waals surface area contributed by atoms with Gasteiger partial charge in [-0.15, -0.1) is 0 Å². The molecule has 0 aliphatic heterocycles. The molecule has 1 fully saturated rings. The number of aromatic amines is 1. The minimum absolute atomic E-state index is 0.136. The lowest BCUT2D eigenvalue weighted by Crippen LogP contribution is -2.21. The highest BCUT2D eigenvalue weighted by atomic mass is 19.4. The van der Waals surface area contributed by atoms with E-state index >= 15 is 0 Å². The lowest BCUT2D eigenvalue weighted by atomic mass is 9.95. The molecule has 0 spiro atoms. The van der Waals surface area contributed by atoms with Gasteiger partial charge in [0.05, 0.1) is 23.1 Å². The van der Waals surface area contributed by atoms with Crippen LogP contribution in [0.3, 0.4) is 0 Å². The van der Waals surface area contributed by atoms with Crippen LogP contribution in [0.2, 0.25) is 0 Å². The molecule has 1 saturated carbocycles. The Morgan fingerprint density at radius 3 is 2.21 bits per heavy atom. The van der Waals surface area contributed by atoms with E-state index in [1.807, 2.05) is 18.3 Å². The molecule has 0 atom stereocenters. The van der Waals surface area contributed by atoms with Crippen LogP contribution < -0.4 is 5.73 Å². The maximum atomic E-state index is 10.6. The Hall–Kier alpha value is -4.57. The third-order valence-corrected chi connectivity index (χ3v) is 6.36. The number of aliphatic carboxylic acids is 1. The lowest BCUT2D eigenvalue weighted by Gasteiger charge is -2.14. The number of carboxylic acid groups (broad SMARTS) is 1. The van der Waals surface area contributed by atoms with Crippen LogP contribution in [-0.4, -0.2) is 37.4 Å². The monoisotopic (exact) mass is 517 g/mol. The fourth-order valence-electron chi connectivity index (χ4n) is 4.15. The molecule has 1 aliphatic carbocycles. The molecule has 2 aromatic carbocycles. The van der Waals surface area contributed by atoms with Crippen molar-refractivity contribution in [2.24, 2.45) is 5.73 Å². The summed E-state index contributed by atoms with van der Waals surface area (Å²) < 4.78 is 31.7. The normalized spacial score (nSPS) is 14.0. The molecule has 192 valence electrons. The third-order valence-electron chi connectivity index (χ3n) is 6.36. The van der Waals surface area contributed by atoms with Gasteiger partial charge in [0.2, 0.25) is 0 Å². The van der Waals surface area contributed by atoms with Gasteiger partial charge >= 0.3 is 12.1 Å². The summed E-state index contributed by atoms with van der Waals surface area (Å²) >= 11 is 0. The molecular weight excluding hydrogens is 495 g/mol. The first-order valence-corrected chi connectivity index (χ1v) is 11.7. The number of alkyl halides is 3. The summed E-state index contributed by atoms with van der Waals surface area (Å²) in [5.74, 6) is -2.76. The predicted molar refractivity (Wildman–Crippen MR) is 137 cm³/mol. The molecule has 0 unspecified atom stereocenters. The fourth-order valence-corrected chi connectivity index (χ4v) is 4.15. The van der Waals surface area contributed by atoms with E-state index in [1.165, 1.54) is 5.56 Å². The second-order valence-corrected chi connectivity index (χ2v) is 9.00. The number of rotatable bonds is 4. The summed E-state index contributed by atoms with van der Waals surface area (Å²) in [7, 11) is 0. The lowest BCUT2D eigenvalue weighted by molar-refractivity contribution is -0.192. The number of nitrogens with zero attached hydrogens (tertiary/aromatic N) is 3. The Bertz CT molecular complexity index is 1580. The number of halogens is 3. The van der Waals surface area contributed by atoms with Crippen molar-refractivity contribution in [1.82, 2.24) is 20.2 Å². The number of carboxylic acids is 1. The average molecular weight is 518 g/mol. The molecule has 10 heteroatoms. The number of pyridine rings is 2. The Morgan fingerprint density at radius 2 is 1.63 bits per heavy atom. The number of carbonyl (C=O) groups is 1. The van der Waals surface area contributed by atoms with Gasteiger partial charge in [-0.05, 0) is 36.1 Å². The van der Waals surface area contributed by atoms with Gasteiger partial charge in [-0.25, -0.2) is 9.78 Å². The van der Waals surface area contributed by atoms with Crippen LogP contribution in [0.1, 0.15) is 18.4 Å². The van der Waals surface area contributed by atoms with Gasteiger partial charge in [-0.3, -0.25) is 10.1 Å². The van der Waals surface area contributed by atoms with Crippen molar-refractivity contribution in [3.05, 3.63) is 90.9 Å². The first-order chi connectivity index (χ1) is 18.2. The highest BCUT2D eigenvalue weighted by Crippen LogP contribution is 2.43. The second kappa shape index (κ2) is 9.71. The topological polar surface area (TPSA) is 118 Å². The van der Waals surface area contributed by atoms with E-state index in [2.05, 4.69) is 69.8 Å². The number of benzene rings is 2. The molecule has 3 aromatic heterocycles. The quantitative estimate of drug-likeness (QED) is 0.272. The molecular formula is C28H22F3N5O2. The zero-order valence-electron chi connectivity index (χ0n) is 19.9. The predicted octanol–water partition coefficient (Wildman–Crippen LogP) is 5.94. The largest absolute Gasteiger partial charge is 0.490 e. The van der Waals surface area contributed by atoms with E-state index < -0.39 is 12.1 Å². The summed E-state index contributed by atoms with van der Waals surface area (Å²) in [6.07, 6.45) is 2.48. The van der Waals surface area contributed by atoms with Gasteiger partial charge in [-0.2, -0.15) is 18.3 Å². The van der Waals surface area contributed by atoms with Crippen LogP contribution in [-0.2, 0) is 10.3 Å². The first kappa shape index (κ1) is 25.1. The average Bonchev–Trinajstić information content (AvgIpc) is 3.43. The maximum absolute atomic E-state index is 10.6. The van der Waals surface area contributed by atoms with E-state index in [1.54, 1.807) is 12.4 Å². The number of nitrogens with two attached hydrogens (primary N) is 1. The number of aromatic nitrogens is 4. The van der Waals surface area contributed by atoms with Crippen LogP contribution in [0.4, 0.5) is 13.2 Å². The molecule has 0 amide bonds. The van der Waals surface area contributed by atoms with Gasteiger partial charge in [0, 0.05) is 40.0 Å².